The van der Waals surface area contributed by atoms with Gasteiger partial charge in [0.25, 0.3) is 0 Å². The minimum atomic E-state index is -0.742. The van der Waals surface area contributed by atoms with Crippen molar-refractivity contribution in [2.24, 2.45) is 28.6 Å². The third kappa shape index (κ3) is 6.14. The number of hydrogen-bond acceptors (Lipinski definition) is 8. The van der Waals surface area contributed by atoms with Gasteiger partial charge in [0.1, 0.15) is 11.9 Å². The van der Waals surface area contributed by atoms with Crippen LogP contribution in [0.15, 0.2) is 17.8 Å². The van der Waals surface area contributed by atoms with Gasteiger partial charge in [0.15, 0.2) is 0 Å². The van der Waals surface area contributed by atoms with Crippen LogP contribution < -0.4 is 10.2 Å². The van der Waals surface area contributed by atoms with Crippen molar-refractivity contribution in [1.29, 1.82) is 0 Å². The van der Waals surface area contributed by atoms with Crippen LogP contribution >= 0.6 is 11.3 Å². The number of ether oxygens (including phenoxy) is 1. The molecule has 3 aliphatic heterocycles. The highest BCUT2D eigenvalue weighted by atomic mass is 32.1. The second-order valence-corrected chi connectivity index (χ2v) is 16.3. The van der Waals surface area contributed by atoms with Crippen molar-refractivity contribution in [3.63, 3.8) is 0 Å². The largest absolute Gasteiger partial charge is 0.376 e. The Labute approximate surface area is 276 Å². The Morgan fingerprint density at radius 2 is 1.72 bits per heavy atom. The van der Waals surface area contributed by atoms with Gasteiger partial charge in [-0.3, -0.25) is 14.4 Å². The van der Waals surface area contributed by atoms with Gasteiger partial charge in [0.05, 0.1) is 27.7 Å². The Morgan fingerprint density at radius 3 is 2.43 bits per heavy atom. The molecule has 1 spiro atoms. The highest BCUT2D eigenvalue weighted by Gasteiger charge is 2.61. The first-order valence-electron chi connectivity index (χ1n) is 17.6. The molecule has 2 aromatic heterocycles. The third-order valence-corrected chi connectivity index (χ3v) is 12.5. The number of thiazole rings is 1. The minimum Gasteiger partial charge on any atom is -0.376 e. The monoisotopic (exact) mass is 650 g/mol. The van der Waals surface area contributed by atoms with Crippen molar-refractivity contribution >= 4 is 45.1 Å². The number of likely N-dealkylation sites (tertiary alicyclic amines) is 2. The number of rotatable bonds is 9. The van der Waals surface area contributed by atoms with Crippen molar-refractivity contribution in [3.05, 3.63) is 17.8 Å². The number of hydrogen-bond donors (Lipinski definition) is 1. The van der Waals surface area contributed by atoms with E-state index in [9.17, 15) is 14.4 Å². The summed E-state index contributed by atoms with van der Waals surface area (Å²) in [5.41, 5.74) is 2.38. The molecule has 3 saturated heterocycles. The average Bonchev–Trinajstić information content (AvgIpc) is 3.38. The lowest BCUT2D eigenvalue weighted by Gasteiger charge is -2.50. The molecule has 11 heteroatoms. The van der Waals surface area contributed by atoms with Gasteiger partial charge in [-0.15, -0.1) is 11.3 Å². The quantitative estimate of drug-likeness (QED) is 0.426. The van der Waals surface area contributed by atoms with Crippen LogP contribution in [-0.2, 0) is 19.1 Å². The number of aromatic nitrogens is 2. The molecule has 46 heavy (non-hydrogen) atoms. The molecule has 2 aliphatic carbocycles. The number of anilines is 1. The molecule has 3 amide bonds. The Morgan fingerprint density at radius 1 is 1.00 bits per heavy atom. The molecule has 0 unspecified atom stereocenters. The summed E-state index contributed by atoms with van der Waals surface area (Å²) in [6, 6.07) is 1.17. The van der Waals surface area contributed by atoms with Crippen LogP contribution in [0.5, 0.6) is 0 Å². The molecule has 5 heterocycles. The molecule has 10 nitrogen and oxygen atoms in total. The number of pyridine rings is 1. The smallest absolute Gasteiger partial charge is 0.247 e. The molecule has 1 N–H and O–H groups in total. The summed E-state index contributed by atoms with van der Waals surface area (Å²) in [5, 5.41) is 3.25. The molecule has 5 fully saturated rings. The summed E-state index contributed by atoms with van der Waals surface area (Å²) in [6.45, 7) is 10.5. The molecular formula is C35H50N6O4S. The van der Waals surface area contributed by atoms with Gasteiger partial charge in [-0.1, -0.05) is 33.1 Å². The molecule has 250 valence electrons. The molecule has 7 rings (SSSR count). The molecule has 2 aromatic rings. The zero-order valence-corrected chi connectivity index (χ0v) is 28.5. The van der Waals surface area contributed by atoms with Crippen LogP contribution in [0, 0.1) is 28.6 Å². The van der Waals surface area contributed by atoms with Gasteiger partial charge in [-0.2, -0.15) is 0 Å². The first kappa shape index (κ1) is 31.8. The number of fused-ring (bicyclic) bond motifs is 1. The predicted octanol–water partition coefficient (Wildman–Crippen LogP) is 4.48. The first-order chi connectivity index (χ1) is 22.1. The highest BCUT2D eigenvalue weighted by molar-refractivity contribution is 7.17. The summed E-state index contributed by atoms with van der Waals surface area (Å²) in [6.07, 6.45) is 11.5. The second kappa shape index (κ2) is 12.7. The lowest BCUT2D eigenvalue weighted by molar-refractivity contribution is -0.153. The van der Waals surface area contributed by atoms with E-state index in [2.05, 4.69) is 29.0 Å². The molecule has 2 saturated carbocycles. The van der Waals surface area contributed by atoms with Gasteiger partial charge in [-0.05, 0) is 62.8 Å². The van der Waals surface area contributed by atoms with Crippen molar-refractivity contribution in [1.82, 2.24) is 25.1 Å². The van der Waals surface area contributed by atoms with Crippen LogP contribution in [0.2, 0.25) is 0 Å². The van der Waals surface area contributed by atoms with Crippen molar-refractivity contribution in [2.45, 2.75) is 90.7 Å². The van der Waals surface area contributed by atoms with Crippen LogP contribution in [0.1, 0.15) is 78.6 Å². The number of nitrogens with one attached hydrogen (secondary N) is 1. The molecule has 5 aliphatic rings. The van der Waals surface area contributed by atoms with Crippen LogP contribution in [0.3, 0.4) is 0 Å². The van der Waals surface area contributed by atoms with E-state index >= 15 is 0 Å². The fourth-order valence-corrected chi connectivity index (χ4v) is 9.28. The fourth-order valence-electron chi connectivity index (χ4n) is 8.48. The number of carbonyl (C=O) groups is 3. The van der Waals surface area contributed by atoms with Crippen molar-refractivity contribution in [3.8, 4) is 0 Å². The van der Waals surface area contributed by atoms with Crippen LogP contribution in [0.25, 0.3) is 10.2 Å². The van der Waals surface area contributed by atoms with E-state index in [1.54, 1.807) is 17.5 Å². The Kier molecular flexibility index (Phi) is 8.76. The molecule has 0 radical (unpaired) electrons. The van der Waals surface area contributed by atoms with E-state index in [0.717, 1.165) is 67.6 Å². The van der Waals surface area contributed by atoms with E-state index in [-0.39, 0.29) is 29.1 Å². The second-order valence-electron chi connectivity index (χ2n) is 15.5. The maximum absolute atomic E-state index is 14.5. The lowest BCUT2D eigenvalue weighted by Crippen LogP contribution is -2.65. The van der Waals surface area contributed by atoms with E-state index < -0.39 is 23.5 Å². The summed E-state index contributed by atoms with van der Waals surface area (Å²) >= 11 is 1.56. The zero-order chi connectivity index (χ0) is 32.1. The standard InChI is InChI=1S/C35H50N6O4S/c1-23(45-18-24-10-6-4-7-11-24)28(33(44)39-14-8-5-9-15-39)38-31(42)26-17-40(30-29-27(12-13-36-30)37-22-46-29)19-35(26)20-41(21-35)32(43)25-16-34(25,2)3/h12-13,22-26,28H,4-11,14-21H2,1-3H3,(H,38,42)/t23-,25-,26+,28-/m1/s1. The maximum atomic E-state index is 14.5. The fraction of sp³-hybridized carbons (Fsp3) is 0.743. The van der Waals surface area contributed by atoms with Crippen LogP contribution in [-0.4, -0.2) is 95.5 Å². The maximum Gasteiger partial charge on any atom is 0.247 e. The zero-order valence-electron chi connectivity index (χ0n) is 27.7. The Balaban J connectivity index is 1.12. The third-order valence-electron chi connectivity index (χ3n) is 11.6. The van der Waals surface area contributed by atoms with E-state index in [0.29, 0.717) is 38.7 Å². The van der Waals surface area contributed by atoms with Crippen molar-refractivity contribution < 1.29 is 19.1 Å². The molecule has 0 aromatic carbocycles. The predicted molar refractivity (Wildman–Crippen MR) is 178 cm³/mol. The Bertz CT molecular complexity index is 1440. The van der Waals surface area contributed by atoms with E-state index in [1.807, 2.05) is 28.3 Å². The number of piperidine rings is 1. The van der Waals surface area contributed by atoms with Gasteiger partial charge in [0.2, 0.25) is 17.7 Å². The average molecular weight is 651 g/mol. The summed E-state index contributed by atoms with van der Waals surface area (Å²) in [7, 11) is 0. The summed E-state index contributed by atoms with van der Waals surface area (Å²) in [5.74, 6) is 1.08. The highest BCUT2D eigenvalue weighted by Crippen LogP contribution is 2.55. The number of carbonyl (C=O) groups excluding carboxylic acids is 3. The molecule has 4 atom stereocenters. The lowest BCUT2D eigenvalue weighted by atomic mass is 9.70. The SMILES string of the molecule is C[C@@H](OCC1CCCCC1)[C@@H](NC(=O)[C@@H]1CN(c2nccc3ncsc23)CC12CN(C(=O)[C@H]1CC1(C)C)C2)C(=O)N1CCCCC1. The Hall–Kier alpha value is -2.79. The topological polar surface area (TPSA) is 108 Å². The number of amides is 3. The van der Waals surface area contributed by atoms with E-state index in [1.165, 1.54) is 19.3 Å². The van der Waals surface area contributed by atoms with Gasteiger partial charge in [0, 0.05) is 63.4 Å². The molecule has 0 bridgehead atoms. The van der Waals surface area contributed by atoms with Crippen molar-refractivity contribution in [2.75, 3.05) is 50.8 Å². The van der Waals surface area contributed by atoms with Gasteiger partial charge < -0.3 is 24.8 Å². The molecular weight excluding hydrogens is 600 g/mol. The first-order valence-corrected chi connectivity index (χ1v) is 18.5. The minimum absolute atomic E-state index is 0.0365. The summed E-state index contributed by atoms with van der Waals surface area (Å²) in [4.78, 5) is 57.2. The van der Waals surface area contributed by atoms with E-state index in [4.69, 9.17) is 9.72 Å². The normalized spacial score (nSPS) is 27.0. The van der Waals surface area contributed by atoms with Crippen LogP contribution in [0.4, 0.5) is 5.82 Å². The van der Waals surface area contributed by atoms with Gasteiger partial charge >= 0.3 is 0 Å². The number of nitrogens with zero attached hydrogens (tertiary/aromatic N) is 5. The van der Waals surface area contributed by atoms with Gasteiger partial charge in [-0.25, -0.2) is 9.97 Å². The summed E-state index contributed by atoms with van der Waals surface area (Å²) < 4.78 is 7.41.